The molecule has 2 amide bonds. The summed E-state index contributed by atoms with van der Waals surface area (Å²) in [7, 11) is 0. The van der Waals surface area contributed by atoms with Gasteiger partial charge in [0.2, 0.25) is 5.91 Å². The zero-order valence-corrected chi connectivity index (χ0v) is 19.8. The number of amides is 2. The van der Waals surface area contributed by atoms with Gasteiger partial charge in [0.15, 0.2) is 5.82 Å². The Kier molecular flexibility index (Phi) is 6.38. The van der Waals surface area contributed by atoms with Crippen molar-refractivity contribution in [3.05, 3.63) is 65.3 Å². The number of aromatic nitrogens is 1. The fourth-order valence-corrected chi connectivity index (χ4v) is 5.09. The molecular weight excluding hydrogens is 478 g/mol. The van der Waals surface area contributed by atoms with Crippen molar-refractivity contribution in [3.8, 4) is 16.9 Å². The first kappa shape index (κ1) is 24.4. The molecule has 0 saturated carbocycles. The molecule has 3 N–H and O–H groups in total. The molecule has 35 heavy (non-hydrogen) atoms. The summed E-state index contributed by atoms with van der Waals surface area (Å²) in [4.78, 5) is 32.2. The highest BCUT2D eigenvalue weighted by Gasteiger charge is 2.34. The number of benzene rings is 2. The zero-order chi connectivity index (χ0) is 25.6. The van der Waals surface area contributed by atoms with Crippen molar-refractivity contribution < 1.29 is 23.5 Å². The molecule has 10 heteroatoms. The standard InChI is InChI=1S/C25H23ClF2N4O3/c1-4-19(34)32-12(2)10-31(11-13(32)3)24-14-8-16(26)20(21-17(27)6-5-7-18(21)33)22(28)23(14)30-9-15(24)25(29)35/h4-9,12-13,33H,1,10-11H2,2-3H3,(H2,29,35)/t12-,13+. The fourth-order valence-electron chi connectivity index (χ4n) is 4.81. The van der Waals surface area contributed by atoms with E-state index < -0.39 is 28.9 Å². The smallest absolute Gasteiger partial charge is 0.252 e. The Balaban J connectivity index is 1.94. The summed E-state index contributed by atoms with van der Waals surface area (Å²) in [5.74, 6) is -3.28. The molecule has 1 aliphatic rings. The van der Waals surface area contributed by atoms with Gasteiger partial charge in [0.25, 0.3) is 5.91 Å². The minimum Gasteiger partial charge on any atom is -0.507 e. The van der Waals surface area contributed by atoms with Crippen molar-refractivity contribution in [1.29, 1.82) is 0 Å². The summed E-state index contributed by atoms with van der Waals surface area (Å²) >= 11 is 6.43. The number of halogens is 3. The van der Waals surface area contributed by atoms with Gasteiger partial charge in [-0.1, -0.05) is 24.2 Å². The maximum absolute atomic E-state index is 15.8. The number of carbonyl (C=O) groups excluding carboxylic acids is 2. The van der Waals surface area contributed by atoms with Crippen LogP contribution in [0.4, 0.5) is 14.5 Å². The van der Waals surface area contributed by atoms with Gasteiger partial charge in [-0.15, -0.1) is 0 Å². The third kappa shape index (κ3) is 4.05. The molecule has 2 aromatic carbocycles. The molecule has 4 rings (SSSR count). The van der Waals surface area contributed by atoms with E-state index in [9.17, 15) is 19.1 Å². The molecule has 2 atom stereocenters. The second kappa shape index (κ2) is 9.14. The summed E-state index contributed by atoms with van der Waals surface area (Å²) in [6.45, 7) is 7.89. The highest BCUT2D eigenvalue weighted by molar-refractivity contribution is 6.34. The van der Waals surface area contributed by atoms with E-state index in [2.05, 4.69) is 11.6 Å². The van der Waals surface area contributed by atoms with E-state index in [1.807, 2.05) is 18.7 Å². The number of fused-ring (bicyclic) bond motifs is 1. The van der Waals surface area contributed by atoms with Gasteiger partial charge in [-0.05, 0) is 38.1 Å². The quantitative estimate of drug-likeness (QED) is 0.522. The Labute approximate surface area is 205 Å². The number of aromatic hydroxyl groups is 1. The molecule has 0 unspecified atom stereocenters. The molecule has 0 bridgehead atoms. The lowest BCUT2D eigenvalue weighted by Gasteiger charge is -2.45. The summed E-state index contributed by atoms with van der Waals surface area (Å²) in [5, 5.41) is 10.2. The Morgan fingerprint density at radius 3 is 2.46 bits per heavy atom. The lowest BCUT2D eigenvalue weighted by molar-refractivity contribution is -0.130. The number of carbonyl (C=O) groups is 2. The van der Waals surface area contributed by atoms with Crippen LogP contribution in [0.15, 0.2) is 43.1 Å². The van der Waals surface area contributed by atoms with Crippen LogP contribution in [0.25, 0.3) is 22.0 Å². The largest absolute Gasteiger partial charge is 0.507 e. The highest BCUT2D eigenvalue weighted by atomic mass is 35.5. The second-order valence-electron chi connectivity index (χ2n) is 8.51. The number of anilines is 1. The van der Waals surface area contributed by atoms with Crippen LogP contribution >= 0.6 is 11.6 Å². The lowest BCUT2D eigenvalue weighted by atomic mass is 9.98. The van der Waals surface area contributed by atoms with Gasteiger partial charge in [0.1, 0.15) is 17.1 Å². The maximum Gasteiger partial charge on any atom is 0.252 e. The normalized spacial score (nSPS) is 18.1. The Morgan fingerprint density at radius 1 is 1.23 bits per heavy atom. The first-order valence-corrected chi connectivity index (χ1v) is 11.2. The van der Waals surface area contributed by atoms with Crippen LogP contribution in [0.2, 0.25) is 5.02 Å². The summed E-state index contributed by atoms with van der Waals surface area (Å²) in [6, 6.07) is 4.45. The van der Waals surface area contributed by atoms with Crippen molar-refractivity contribution in [2.24, 2.45) is 5.73 Å². The number of hydrogen-bond acceptors (Lipinski definition) is 5. The van der Waals surface area contributed by atoms with Crippen LogP contribution in [0, 0.1) is 11.6 Å². The lowest BCUT2D eigenvalue weighted by Crippen LogP contribution is -2.58. The van der Waals surface area contributed by atoms with E-state index in [-0.39, 0.29) is 45.0 Å². The van der Waals surface area contributed by atoms with Crippen LogP contribution in [0.5, 0.6) is 5.75 Å². The minimum atomic E-state index is -0.952. The van der Waals surface area contributed by atoms with E-state index in [1.54, 1.807) is 4.90 Å². The van der Waals surface area contributed by atoms with Gasteiger partial charge < -0.3 is 20.6 Å². The molecular formula is C25H23ClF2N4O3. The van der Waals surface area contributed by atoms with E-state index in [0.29, 0.717) is 18.8 Å². The number of primary amides is 1. The van der Waals surface area contributed by atoms with E-state index in [0.717, 1.165) is 6.07 Å². The molecule has 7 nitrogen and oxygen atoms in total. The summed E-state index contributed by atoms with van der Waals surface area (Å²) in [5.41, 5.74) is 5.09. The zero-order valence-electron chi connectivity index (χ0n) is 19.1. The molecule has 1 saturated heterocycles. The van der Waals surface area contributed by atoms with E-state index in [4.69, 9.17) is 17.3 Å². The van der Waals surface area contributed by atoms with Crippen molar-refractivity contribution in [2.45, 2.75) is 25.9 Å². The molecule has 1 aromatic heterocycles. The van der Waals surface area contributed by atoms with E-state index >= 15 is 4.39 Å². The highest BCUT2D eigenvalue weighted by Crippen LogP contribution is 2.43. The number of pyridine rings is 1. The van der Waals surface area contributed by atoms with Crippen molar-refractivity contribution >= 4 is 40.0 Å². The fraction of sp³-hybridized carbons (Fsp3) is 0.240. The number of hydrogen-bond donors (Lipinski definition) is 2. The maximum atomic E-state index is 15.8. The van der Waals surface area contributed by atoms with E-state index in [1.165, 1.54) is 30.5 Å². The van der Waals surface area contributed by atoms with Gasteiger partial charge in [-0.3, -0.25) is 14.6 Å². The monoisotopic (exact) mass is 500 g/mol. The first-order chi connectivity index (χ1) is 16.6. The molecule has 0 spiro atoms. The third-order valence-corrected chi connectivity index (χ3v) is 6.49. The average molecular weight is 501 g/mol. The minimum absolute atomic E-state index is 0.0531. The Hall–Kier alpha value is -3.72. The predicted molar refractivity (Wildman–Crippen MR) is 130 cm³/mol. The molecule has 3 aromatic rings. The van der Waals surface area contributed by atoms with Crippen molar-refractivity contribution in [2.75, 3.05) is 18.0 Å². The SMILES string of the molecule is C=CC(=O)N1[C@H](C)CN(c2c(C(N)=O)cnc3c(F)c(-c4c(O)cccc4F)c(Cl)cc23)C[C@@H]1C. The number of piperazine rings is 1. The summed E-state index contributed by atoms with van der Waals surface area (Å²) in [6.07, 6.45) is 2.41. The van der Waals surface area contributed by atoms with Crippen LogP contribution in [-0.4, -0.2) is 52.0 Å². The molecule has 1 fully saturated rings. The first-order valence-electron chi connectivity index (χ1n) is 10.8. The Bertz CT molecular complexity index is 1350. The van der Waals surface area contributed by atoms with Gasteiger partial charge in [0.05, 0.1) is 21.8 Å². The molecule has 182 valence electrons. The van der Waals surface area contributed by atoms with Crippen LogP contribution in [0.1, 0.15) is 24.2 Å². The van der Waals surface area contributed by atoms with Crippen molar-refractivity contribution in [3.63, 3.8) is 0 Å². The van der Waals surface area contributed by atoms with Gasteiger partial charge >= 0.3 is 0 Å². The number of phenolic OH excluding ortho intramolecular Hbond substituents is 1. The molecule has 0 aliphatic carbocycles. The van der Waals surface area contributed by atoms with Crippen molar-refractivity contribution in [1.82, 2.24) is 9.88 Å². The third-order valence-electron chi connectivity index (χ3n) is 6.20. The Morgan fingerprint density at radius 2 is 1.89 bits per heavy atom. The number of nitrogens with two attached hydrogens (primary N) is 1. The van der Waals surface area contributed by atoms with Crippen LogP contribution in [0.3, 0.4) is 0 Å². The average Bonchev–Trinajstić information content (AvgIpc) is 2.79. The van der Waals surface area contributed by atoms with Gasteiger partial charge in [0, 0.05) is 42.3 Å². The van der Waals surface area contributed by atoms with Crippen LogP contribution < -0.4 is 10.6 Å². The molecule has 1 aliphatic heterocycles. The topological polar surface area (TPSA) is 99.8 Å². The summed E-state index contributed by atoms with van der Waals surface area (Å²) < 4.78 is 30.3. The molecule has 0 radical (unpaired) electrons. The van der Waals surface area contributed by atoms with Gasteiger partial charge in [-0.2, -0.15) is 0 Å². The van der Waals surface area contributed by atoms with Gasteiger partial charge in [-0.25, -0.2) is 8.78 Å². The predicted octanol–water partition coefficient (Wildman–Crippen LogP) is 4.25. The number of phenols is 1. The molecule has 2 heterocycles. The number of rotatable bonds is 4. The van der Waals surface area contributed by atoms with Crippen LogP contribution in [-0.2, 0) is 4.79 Å². The number of nitrogens with zero attached hydrogens (tertiary/aromatic N) is 3. The second-order valence-corrected chi connectivity index (χ2v) is 8.92.